The molecule has 1 amide bonds. The lowest BCUT2D eigenvalue weighted by Gasteiger charge is -2.35. The smallest absolute Gasteiger partial charge is 0.222 e. The van der Waals surface area contributed by atoms with Crippen molar-refractivity contribution in [3.05, 3.63) is 11.8 Å². The van der Waals surface area contributed by atoms with Crippen molar-refractivity contribution in [2.75, 3.05) is 36.8 Å². The molecule has 0 atom stereocenters. The van der Waals surface area contributed by atoms with Gasteiger partial charge in [0, 0.05) is 44.4 Å². The third-order valence-corrected chi connectivity index (χ3v) is 4.81. The van der Waals surface area contributed by atoms with Crippen LogP contribution in [0, 0.1) is 5.92 Å². The number of anilines is 2. The van der Waals surface area contributed by atoms with E-state index >= 15 is 0 Å². The maximum Gasteiger partial charge on any atom is 0.222 e. The zero-order valence-electron chi connectivity index (χ0n) is 13.3. The van der Waals surface area contributed by atoms with Crippen LogP contribution >= 0.6 is 0 Å². The van der Waals surface area contributed by atoms with E-state index in [1.165, 1.54) is 0 Å². The number of hydrogen-bond donors (Lipinski definition) is 1. The number of hydrogen-bond acceptors (Lipinski definition) is 5. The molecule has 0 bridgehead atoms. The van der Waals surface area contributed by atoms with E-state index in [4.69, 9.17) is 5.73 Å². The number of carbonyl (C=O) groups excluding carboxylic acids is 1. The van der Waals surface area contributed by atoms with E-state index in [-0.39, 0.29) is 0 Å². The molecule has 2 saturated heterocycles. The molecular formula is C16H25N5O. The Hall–Kier alpha value is -1.85. The van der Waals surface area contributed by atoms with Gasteiger partial charge in [0.15, 0.2) is 0 Å². The minimum Gasteiger partial charge on any atom is -0.368 e. The van der Waals surface area contributed by atoms with E-state index in [1.807, 2.05) is 11.1 Å². The first-order chi connectivity index (χ1) is 10.7. The van der Waals surface area contributed by atoms with Crippen molar-refractivity contribution in [3.63, 3.8) is 0 Å². The van der Waals surface area contributed by atoms with Crippen LogP contribution in [0.2, 0.25) is 0 Å². The number of carbonyl (C=O) groups is 1. The lowest BCUT2D eigenvalue weighted by molar-refractivity contribution is -0.128. The molecule has 2 aliphatic heterocycles. The number of aryl methyl sites for hydroxylation is 1. The lowest BCUT2D eigenvalue weighted by atomic mass is 9.96. The van der Waals surface area contributed by atoms with Crippen LogP contribution in [0.25, 0.3) is 0 Å². The fourth-order valence-electron chi connectivity index (χ4n) is 3.47. The maximum absolute atomic E-state index is 11.7. The maximum atomic E-state index is 11.7. The summed E-state index contributed by atoms with van der Waals surface area (Å²) < 4.78 is 0. The summed E-state index contributed by atoms with van der Waals surface area (Å²) in [6.07, 6.45) is 6.73. The molecule has 6 heteroatoms. The summed E-state index contributed by atoms with van der Waals surface area (Å²) in [5, 5.41) is 0. The highest BCUT2D eigenvalue weighted by atomic mass is 16.2. The summed E-state index contributed by atoms with van der Waals surface area (Å²) in [7, 11) is 0. The van der Waals surface area contributed by atoms with Gasteiger partial charge in [-0.15, -0.1) is 0 Å². The largest absolute Gasteiger partial charge is 0.368 e. The van der Waals surface area contributed by atoms with Crippen LogP contribution in [0.3, 0.4) is 0 Å². The molecule has 2 fully saturated rings. The summed E-state index contributed by atoms with van der Waals surface area (Å²) >= 11 is 0. The summed E-state index contributed by atoms with van der Waals surface area (Å²) in [4.78, 5) is 24.6. The van der Waals surface area contributed by atoms with Crippen molar-refractivity contribution in [1.29, 1.82) is 0 Å². The first-order valence-electron chi connectivity index (χ1n) is 8.31. The highest BCUT2D eigenvalue weighted by Gasteiger charge is 2.27. The molecule has 3 rings (SSSR count). The van der Waals surface area contributed by atoms with Crippen molar-refractivity contribution < 1.29 is 4.79 Å². The van der Waals surface area contributed by atoms with Crippen molar-refractivity contribution in [2.45, 2.75) is 39.0 Å². The summed E-state index contributed by atoms with van der Waals surface area (Å²) in [5.41, 5.74) is 6.90. The van der Waals surface area contributed by atoms with E-state index in [9.17, 15) is 4.79 Å². The van der Waals surface area contributed by atoms with E-state index in [0.29, 0.717) is 17.8 Å². The van der Waals surface area contributed by atoms with Crippen LogP contribution in [0.4, 0.5) is 11.8 Å². The Morgan fingerprint density at radius 3 is 2.73 bits per heavy atom. The van der Waals surface area contributed by atoms with Gasteiger partial charge in [0.2, 0.25) is 11.9 Å². The average molecular weight is 303 g/mol. The highest BCUT2D eigenvalue weighted by molar-refractivity contribution is 5.78. The van der Waals surface area contributed by atoms with E-state index in [1.54, 1.807) is 0 Å². The van der Waals surface area contributed by atoms with Gasteiger partial charge >= 0.3 is 0 Å². The Labute approximate surface area is 131 Å². The van der Waals surface area contributed by atoms with Gasteiger partial charge in [-0.2, -0.15) is 4.98 Å². The van der Waals surface area contributed by atoms with Crippen LogP contribution in [0.15, 0.2) is 6.20 Å². The third kappa shape index (κ3) is 3.15. The van der Waals surface area contributed by atoms with Crippen molar-refractivity contribution >= 4 is 17.7 Å². The molecule has 1 aromatic rings. The van der Waals surface area contributed by atoms with Crippen LogP contribution in [-0.2, 0) is 11.2 Å². The van der Waals surface area contributed by atoms with Gasteiger partial charge in [-0.25, -0.2) is 4.98 Å². The Bertz CT molecular complexity index is 539. The second kappa shape index (κ2) is 6.50. The topological polar surface area (TPSA) is 75.3 Å². The van der Waals surface area contributed by atoms with Gasteiger partial charge in [-0.1, -0.05) is 6.92 Å². The Balaban J connectivity index is 1.59. The molecule has 0 unspecified atom stereocenters. The molecule has 2 aliphatic rings. The fourth-order valence-corrected chi connectivity index (χ4v) is 3.47. The van der Waals surface area contributed by atoms with Crippen molar-refractivity contribution in [3.8, 4) is 0 Å². The zero-order chi connectivity index (χ0) is 15.5. The molecule has 2 N–H and O–H groups in total. The Kier molecular flexibility index (Phi) is 4.45. The lowest BCUT2D eigenvalue weighted by Crippen LogP contribution is -2.40. The predicted octanol–water partition coefficient (Wildman–Crippen LogP) is 1.46. The second-order valence-electron chi connectivity index (χ2n) is 6.30. The molecule has 3 heterocycles. The number of piperidine rings is 1. The average Bonchev–Trinajstić information content (AvgIpc) is 2.93. The first-order valence-corrected chi connectivity index (χ1v) is 8.31. The number of rotatable bonds is 4. The molecule has 0 radical (unpaired) electrons. The molecule has 6 nitrogen and oxygen atoms in total. The van der Waals surface area contributed by atoms with Gasteiger partial charge in [0.1, 0.15) is 5.82 Å². The van der Waals surface area contributed by atoms with E-state index < -0.39 is 0 Å². The third-order valence-electron chi connectivity index (χ3n) is 4.81. The number of amides is 1. The van der Waals surface area contributed by atoms with E-state index in [2.05, 4.69) is 21.8 Å². The molecule has 22 heavy (non-hydrogen) atoms. The number of likely N-dealkylation sites (tertiary alicyclic amines) is 1. The Morgan fingerprint density at radius 2 is 2.09 bits per heavy atom. The molecular weight excluding hydrogens is 278 g/mol. The molecule has 0 spiro atoms. The first kappa shape index (κ1) is 15.1. The van der Waals surface area contributed by atoms with Gasteiger partial charge in [0.25, 0.3) is 0 Å². The number of nitrogens with zero attached hydrogens (tertiary/aromatic N) is 4. The normalized spacial score (nSPS) is 20.0. The van der Waals surface area contributed by atoms with Gasteiger partial charge < -0.3 is 15.5 Å². The van der Waals surface area contributed by atoms with Crippen LogP contribution < -0.4 is 10.6 Å². The predicted molar refractivity (Wildman–Crippen MR) is 86.6 cm³/mol. The second-order valence-corrected chi connectivity index (χ2v) is 6.30. The minimum atomic E-state index is 0.333. The van der Waals surface area contributed by atoms with Crippen molar-refractivity contribution in [2.24, 2.45) is 5.92 Å². The number of nitrogen functional groups attached to an aromatic ring is 1. The van der Waals surface area contributed by atoms with Gasteiger partial charge in [-0.3, -0.25) is 4.79 Å². The zero-order valence-corrected chi connectivity index (χ0v) is 13.3. The monoisotopic (exact) mass is 303 g/mol. The van der Waals surface area contributed by atoms with Gasteiger partial charge in [0.05, 0.1) is 0 Å². The van der Waals surface area contributed by atoms with Crippen molar-refractivity contribution in [1.82, 2.24) is 14.9 Å². The summed E-state index contributed by atoms with van der Waals surface area (Å²) in [5.74, 6) is 2.28. The highest BCUT2D eigenvalue weighted by Crippen LogP contribution is 2.26. The molecule has 0 aliphatic carbocycles. The molecule has 0 saturated carbocycles. The van der Waals surface area contributed by atoms with E-state index in [0.717, 1.165) is 69.7 Å². The molecule has 1 aromatic heterocycles. The fraction of sp³-hybridized carbons (Fsp3) is 0.688. The van der Waals surface area contributed by atoms with Crippen LogP contribution in [0.5, 0.6) is 0 Å². The molecule has 0 aromatic carbocycles. The van der Waals surface area contributed by atoms with Crippen LogP contribution in [-0.4, -0.2) is 47.0 Å². The quantitative estimate of drug-likeness (QED) is 0.911. The number of nitrogens with two attached hydrogens (primary N) is 1. The number of aromatic nitrogens is 2. The molecule has 120 valence electrons. The summed E-state index contributed by atoms with van der Waals surface area (Å²) in [6, 6.07) is 0. The summed E-state index contributed by atoms with van der Waals surface area (Å²) in [6.45, 7) is 5.96. The standard InChI is InChI=1S/C16H25N5O/c1-2-13-10-18-16(17)19-15(13)20-8-5-12(6-9-20)11-21-7-3-4-14(21)22/h10,12H,2-9,11H2,1H3,(H2,17,18,19). The SMILES string of the molecule is CCc1cnc(N)nc1N1CCC(CN2CCCC2=O)CC1. The van der Waals surface area contributed by atoms with Gasteiger partial charge in [-0.05, 0) is 31.6 Å². The Morgan fingerprint density at radius 1 is 1.32 bits per heavy atom. The van der Waals surface area contributed by atoms with Crippen LogP contribution in [0.1, 0.15) is 38.2 Å². The minimum absolute atomic E-state index is 0.333.